The van der Waals surface area contributed by atoms with Crippen LogP contribution in [0.5, 0.6) is 11.5 Å². The Morgan fingerprint density at radius 3 is 2.58 bits per heavy atom. The molecule has 2 aromatic carbocycles. The molecule has 0 fully saturated rings. The van der Waals surface area contributed by atoms with Crippen LogP contribution in [0, 0.1) is 6.92 Å². The van der Waals surface area contributed by atoms with Gasteiger partial charge < -0.3 is 13.9 Å². The Morgan fingerprint density at radius 2 is 1.85 bits per heavy atom. The van der Waals surface area contributed by atoms with Crippen LogP contribution < -0.4 is 19.8 Å². The van der Waals surface area contributed by atoms with E-state index >= 15 is 0 Å². The molecular formula is C25H21N3O5. The standard InChI is InChI=1S/C25H21N3O5/c1-4-32-18-9-7-15(13-19(18)31-3)21-20-22(29)16-12-14(2)6-8-17(16)33-23(20)24(30)28(21)25-26-10-5-11-27-25/h5-13,21H,4H2,1-3H3. The number of aromatic nitrogens is 2. The third-order valence-electron chi connectivity index (χ3n) is 5.60. The Labute approximate surface area is 189 Å². The molecular weight excluding hydrogens is 422 g/mol. The second kappa shape index (κ2) is 8.05. The molecule has 0 N–H and O–H groups in total. The minimum Gasteiger partial charge on any atom is -0.493 e. The van der Waals surface area contributed by atoms with Crippen LogP contribution in [0.15, 0.2) is 64.1 Å². The summed E-state index contributed by atoms with van der Waals surface area (Å²) < 4.78 is 17.1. The lowest BCUT2D eigenvalue weighted by Gasteiger charge is -2.23. The molecule has 0 spiro atoms. The molecule has 8 nitrogen and oxygen atoms in total. The Hall–Kier alpha value is -4.20. The molecule has 8 heteroatoms. The molecule has 5 rings (SSSR count). The van der Waals surface area contributed by atoms with Crippen molar-refractivity contribution in [2.75, 3.05) is 18.6 Å². The van der Waals surface area contributed by atoms with Gasteiger partial charge in [0.25, 0.3) is 5.91 Å². The number of nitrogens with zero attached hydrogens (tertiary/aromatic N) is 3. The molecule has 1 aliphatic heterocycles. The van der Waals surface area contributed by atoms with E-state index in [0.29, 0.717) is 34.6 Å². The molecule has 1 amide bonds. The molecule has 0 bridgehead atoms. The van der Waals surface area contributed by atoms with Gasteiger partial charge in [0.15, 0.2) is 16.9 Å². The Morgan fingerprint density at radius 1 is 1.06 bits per heavy atom. The molecule has 0 saturated carbocycles. The Kier molecular flexibility index (Phi) is 5.05. The summed E-state index contributed by atoms with van der Waals surface area (Å²) >= 11 is 0. The Balaban J connectivity index is 1.79. The van der Waals surface area contributed by atoms with E-state index in [1.807, 2.05) is 19.9 Å². The minimum absolute atomic E-state index is 0.0124. The van der Waals surface area contributed by atoms with Crippen molar-refractivity contribution < 1.29 is 18.7 Å². The number of rotatable bonds is 5. The highest BCUT2D eigenvalue weighted by molar-refractivity contribution is 6.09. The Bertz CT molecular complexity index is 1430. The van der Waals surface area contributed by atoms with Gasteiger partial charge in [-0.15, -0.1) is 0 Å². The van der Waals surface area contributed by atoms with Crippen molar-refractivity contribution in [3.8, 4) is 11.5 Å². The summed E-state index contributed by atoms with van der Waals surface area (Å²) in [5, 5.41) is 0.417. The van der Waals surface area contributed by atoms with E-state index in [0.717, 1.165) is 5.56 Å². The van der Waals surface area contributed by atoms with Gasteiger partial charge in [-0.1, -0.05) is 17.7 Å². The van der Waals surface area contributed by atoms with Crippen molar-refractivity contribution in [2.45, 2.75) is 19.9 Å². The van der Waals surface area contributed by atoms with Crippen LogP contribution in [-0.2, 0) is 0 Å². The molecule has 166 valence electrons. The maximum absolute atomic E-state index is 13.7. The lowest BCUT2D eigenvalue weighted by Crippen LogP contribution is -2.31. The number of ether oxygens (including phenoxy) is 2. The molecule has 2 aromatic heterocycles. The predicted octanol–water partition coefficient (Wildman–Crippen LogP) is 4.05. The van der Waals surface area contributed by atoms with E-state index in [2.05, 4.69) is 9.97 Å². The molecule has 1 unspecified atom stereocenters. The van der Waals surface area contributed by atoms with E-state index in [-0.39, 0.29) is 22.7 Å². The van der Waals surface area contributed by atoms with Gasteiger partial charge in [-0.05, 0) is 49.7 Å². The van der Waals surface area contributed by atoms with Crippen molar-refractivity contribution in [2.24, 2.45) is 0 Å². The molecule has 33 heavy (non-hydrogen) atoms. The first-order valence-electron chi connectivity index (χ1n) is 10.5. The monoisotopic (exact) mass is 443 g/mol. The van der Waals surface area contributed by atoms with Gasteiger partial charge in [0, 0.05) is 12.4 Å². The first-order valence-corrected chi connectivity index (χ1v) is 10.5. The van der Waals surface area contributed by atoms with E-state index < -0.39 is 11.9 Å². The molecule has 0 aliphatic carbocycles. The van der Waals surface area contributed by atoms with Crippen molar-refractivity contribution in [1.82, 2.24) is 9.97 Å². The van der Waals surface area contributed by atoms with Gasteiger partial charge in [-0.3, -0.25) is 14.5 Å². The van der Waals surface area contributed by atoms with Crippen LogP contribution in [0.25, 0.3) is 11.0 Å². The van der Waals surface area contributed by atoms with Crippen molar-refractivity contribution in [1.29, 1.82) is 0 Å². The zero-order valence-electron chi connectivity index (χ0n) is 18.4. The third-order valence-corrected chi connectivity index (χ3v) is 5.60. The maximum Gasteiger partial charge on any atom is 0.297 e. The first-order chi connectivity index (χ1) is 16.0. The summed E-state index contributed by atoms with van der Waals surface area (Å²) in [6.45, 7) is 4.25. The molecule has 0 saturated heterocycles. The van der Waals surface area contributed by atoms with Gasteiger partial charge in [0.05, 0.1) is 30.7 Å². The number of hydrogen-bond acceptors (Lipinski definition) is 7. The van der Waals surface area contributed by atoms with Gasteiger partial charge in [-0.2, -0.15) is 0 Å². The number of carbonyl (C=O) groups is 1. The summed E-state index contributed by atoms with van der Waals surface area (Å²) in [5.74, 6) is 0.740. The van der Waals surface area contributed by atoms with Crippen LogP contribution in [0.3, 0.4) is 0 Å². The SMILES string of the molecule is CCOc1ccc(C2c3c(oc4ccc(C)cc4c3=O)C(=O)N2c2ncccn2)cc1OC. The fourth-order valence-electron chi connectivity index (χ4n) is 4.15. The maximum atomic E-state index is 13.7. The van der Waals surface area contributed by atoms with Crippen LogP contribution >= 0.6 is 0 Å². The first kappa shape index (κ1) is 20.7. The van der Waals surface area contributed by atoms with Crippen molar-refractivity contribution in [3.63, 3.8) is 0 Å². The van der Waals surface area contributed by atoms with Gasteiger partial charge >= 0.3 is 0 Å². The second-order valence-corrected chi connectivity index (χ2v) is 7.64. The molecule has 3 heterocycles. The van der Waals surface area contributed by atoms with E-state index in [4.69, 9.17) is 13.9 Å². The zero-order valence-corrected chi connectivity index (χ0v) is 18.4. The molecule has 4 aromatic rings. The number of aryl methyl sites for hydroxylation is 1. The number of methoxy groups -OCH3 is 1. The minimum atomic E-state index is -0.791. The molecule has 0 radical (unpaired) electrons. The van der Waals surface area contributed by atoms with Crippen molar-refractivity contribution >= 4 is 22.8 Å². The normalized spacial score (nSPS) is 15.1. The van der Waals surface area contributed by atoms with E-state index in [1.165, 1.54) is 12.0 Å². The number of carbonyl (C=O) groups excluding carboxylic acids is 1. The van der Waals surface area contributed by atoms with Crippen molar-refractivity contribution in [3.05, 3.63) is 87.5 Å². The van der Waals surface area contributed by atoms with Gasteiger partial charge in [0.1, 0.15) is 5.58 Å². The summed E-state index contributed by atoms with van der Waals surface area (Å²) in [4.78, 5) is 37.1. The number of fused-ring (bicyclic) bond motifs is 2. The quantitative estimate of drug-likeness (QED) is 0.459. The number of amides is 1. The summed E-state index contributed by atoms with van der Waals surface area (Å²) in [6, 6.07) is 11.5. The highest BCUT2D eigenvalue weighted by Gasteiger charge is 2.45. The third kappa shape index (κ3) is 3.31. The summed E-state index contributed by atoms with van der Waals surface area (Å²) in [5.41, 5.74) is 1.91. The van der Waals surface area contributed by atoms with Crippen LogP contribution in [-0.4, -0.2) is 29.6 Å². The number of benzene rings is 2. The summed E-state index contributed by atoms with van der Waals surface area (Å²) in [7, 11) is 1.54. The van der Waals surface area contributed by atoms with E-state index in [9.17, 15) is 9.59 Å². The lowest BCUT2D eigenvalue weighted by atomic mass is 9.98. The van der Waals surface area contributed by atoms with Crippen LogP contribution in [0.2, 0.25) is 0 Å². The van der Waals surface area contributed by atoms with Crippen LogP contribution in [0.4, 0.5) is 5.95 Å². The fraction of sp³-hybridized carbons (Fsp3) is 0.200. The highest BCUT2D eigenvalue weighted by atomic mass is 16.5. The van der Waals surface area contributed by atoms with Gasteiger partial charge in [0.2, 0.25) is 11.7 Å². The highest BCUT2D eigenvalue weighted by Crippen LogP contribution is 2.42. The number of anilines is 1. The molecule has 1 aliphatic rings. The topological polar surface area (TPSA) is 94.8 Å². The van der Waals surface area contributed by atoms with Crippen LogP contribution in [0.1, 0.15) is 40.2 Å². The second-order valence-electron chi connectivity index (χ2n) is 7.64. The molecule has 1 atom stereocenters. The lowest BCUT2D eigenvalue weighted by molar-refractivity contribution is 0.0969. The predicted molar refractivity (Wildman–Crippen MR) is 122 cm³/mol. The fourth-order valence-corrected chi connectivity index (χ4v) is 4.15. The summed E-state index contributed by atoms with van der Waals surface area (Å²) in [6.07, 6.45) is 3.09. The number of hydrogen-bond donors (Lipinski definition) is 0. The average Bonchev–Trinajstić information content (AvgIpc) is 3.13. The zero-order chi connectivity index (χ0) is 23.1. The van der Waals surface area contributed by atoms with Gasteiger partial charge in [-0.25, -0.2) is 9.97 Å². The smallest absolute Gasteiger partial charge is 0.297 e. The largest absolute Gasteiger partial charge is 0.493 e. The van der Waals surface area contributed by atoms with E-state index in [1.54, 1.807) is 48.8 Å². The average molecular weight is 443 g/mol.